The third-order valence-electron chi connectivity index (χ3n) is 4.35. The number of amidine groups is 1. The minimum absolute atomic E-state index is 0.634. The van der Waals surface area contributed by atoms with Gasteiger partial charge in [-0.2, -0.15) is 0 Å². The molecule has 4 rings (SSSR count). The molecule has 2 aliphatic rings. The standard InChI is InChI=1S/C18H19ClN4/c1-22-8-10-23(11-9-22)18-14-4-2-3-5-15(14)20-16-7-6-13(19)12-17(16)21-18/h2-7,12,20H,8-11H2,1H3/i/hT. The van der Waals surface area contributed by atoms with Crippen LogP contribution in [0.3, 0.4) is 0 Å². The molecular formula is C18H19ClN4. The van der Waals surface area contributed by atoms with E-state index in [4.69, 9.17) is 18.0 Å². The van der Waals surface area contributed by atoms with Gasteiger partial charge in [-0.3, -0.25) is 0 Å². The molecule has 23 heavy (non-hydrogen) atoms. The van der Waals surface area contributed by atoms with E-state index in [0.29, 0.717) is 5.02 Å². The molecule has 2 aromatic rings. The Kier molecular flexibility index (Phi) is 3.42. The highest BCUT2D eigenvalue weighted by Gasteiger charge is 2.23. The van der Waals surface area contributed by atoms with E-state index in [-0.39, 0.29) is 0 Å². The summed E-state index contributed by atoms with van der Waals surface area (Å²) in [6, 6.07) is 13.5. The molecule has 1 N–H and O–H groups in total. The SMILES string of the molecule is [3H]N1c2ccc(Cl)cc2N=C(N2CCN(C)CC2)c2ccccc21. The van der Waals surface area contributed by atoms with E-state index in [9.17, 15) is 0 Å². The summed E-state index contributed by atoms with van der Waals surface area (Å²) >= 11 is 6.17. The number of piperazine rings is 1. The smallest absolute Gasteiger partial charge is 0.167 e. The maximum atomic E-state index is 8.57. The maximum absolute atomic E-state index is 8.57. The monoisotopic (exact) mass is 328 g/mol. The predicted octanol–water partition coefficient (Wildman–Crippen LogP) is 3.72. The fraction of sp³-hybridized carbons (Fsp3) is 0.278. The number of halogens is 1. The molecule has 0 bridgehead atoms. The molecule has 5 heteroatoms. The normalized spacial score (nSPS) is 18.7. The van der Waals surface area contributed by atoms with Crippen molar-refractivity contribution in [3.05, 3.63) is 53.1 Å². The van der Waals surface area contributed by atoms with Gasteiger partial charge < -0.3 is 15.1 Å². The Bertz CT molecular complexity index is 799. The molecule has 0 unspecified atom stereocenters. The summed E-state index contributed by atoms with van der Waals surface area (Å²) in [5.41, 5.74) is 3.32. The van der Waals surface area contributed by atoms with Crippen molar-refractivity contribution in [1.82, 2.24) is 9.80 Å². The molecule has 0 aliphatic carbocycles. The third-order valence-corrected chi connectivity index (χ3v) is 4.59. The number of hydrogen-bond donors (Lipinski definition) is 1. The van der Waals surface area contributed by atoms with E-state index in [0.717, 1.165) is 54.6 Å². The number of nitrogens with one attached hydrogen (secondary N) is 1. The molecule has 0 amide bonds. The lowest BCUT2D eigenvalue weighted by molar-refractivity contribution is 0.216. The van der Waals surface area contributed by atoms with Crippen molar-refractivity contribution >= 4 is 34.5 Å². The number of anilines is 2. The van der Waals surface area contributed by atoms with Crippen LogP contribution in [0.5, 0.6) is 0 Å². The van der Waals surface area contributed by atoms with Crippen molar-refractivity contribution in [1.29, 1.82) is 0 Å². The van der Waals surface area contributed by atoms with Crippen molar-refractivity contribution in [3.8, 4) is 0 Å². The van der Waals surface area contributed by atoms with Gasteiger partial charge in [-0.1, -0.05) is 23.7 Å². The van der Waals surface area contributed by atoms with Gasteiger partial charge in [0, 0.05) is 42.5 Å². The van der Waals surface area contributed by atoms with Crippen molar-refractivity contribution in [2.24, 2.45) is 4.99 Å². The minimum atomic E-state index is 0.634. The molecule has 2 aliphatic heterocycles. The highest BCUT2D eigenvalue weighted by atomic mass is 35.5. The summed E-state index contributed by atoms with van der Waals surface area (Å²) in [7, 11) is 2.14. The second kappa shape index (κ2) is 5.87. The summed E-state index contributed by atoms with van der Waals surface area (Å²) in [6.45, 7) is 3.87. The lowest BCUT2D eigenvalue weighted by Gasteiger charge is -2.34. The highest BCUT2D eigenvalue weighted by molar-refractivity contribution is 6.31. The lowest BCUT2D eigenvalue weighted by Crippen LogP contribution is -2.47. The largest absolute Gasteiger partial charge is 0.353 e. The Balaban J connectivity index is 1.88. The average molecular weight is 329 g/mol. The molecule has 2 aromatic carbocycles. The molecule has 1 fully saturated rings. The Morgan fingerprint density at radius 1 is 1.09 bits per heavy atom. The van der Waals surface area contributed by atoms with Crippen LogP contribution in [-0.4, -0.2) is 48.9 Å². The quantitative estimate of drug-likeness (QED) is 0.799. The van der Waals surface area contributed by atoms with Crippen molar-refractivity contribution in [2.75, 3.05) is 38.5 Å². The molecule has 118 valence electrons. The molecule has 0 radical (unpaired) electrons. The third kappa shape index (κ3) is 2.80. The average Bonchev–Trinajstić information content (AvgIpc) is 2.71. The number of nitrogens with zero attached hydrogens (tertiary/aromatic N) is 3. The number of rotatable bonds is 0. The van der Waals surface area contributed by atoms with Gasteiger partial charge >= 0.3 is 0 Å². The van der Waals surface area contributed by atoms with E-state index in [1.165, 1.54) is 5.31 Å². The van der Waals surface area contributed by atoms with Crippen molar-refractivity contribution < 1.29 is 1.41 Å². The number of hydrogen-bond acceptors (Lipinski definition) is 4. The van der Waals surface area contributed by atoms with E-state index in [1.807, 2.05) is 36.4 Å². The van der Waals surface area contributed by atoms with Crippen LogP contribution in [0.1, 0.15) is 5.56 Å². The van der Waals surface area contributed by atoms with Gasteiger partial charge in [0.2, 0.25) is 0 Å². The van der Waals surface area contributed by atoms with Gasteiger partial charge in [0.05, 0.1) is 11.4 Å². The maximum Gasteiger partial charge on any atom is 0.167 e. The molecule has 0 saturated carbocycles. The van der Waals surface area contributed by atoms with Crippen LogP contribution in [0.2, 0.25) is 6.43 Å². The fourth-order valence-corrected chi connectivity index (χ4v) is 3.17. The summed E-state index contributed by atoms with van der Waals surface area (Å²) in [5.74, 6) is 0.928. The number of para-hydroxylation sites is 1. The van der Waals surface area contributed by atoms with E-state index < -0.39 is 0 Å². The molecular weight excluding hydrogens is 308 g/mol. The van der Waals surface area contributed by atoms with E-state index >= 15 is 0 Å². The Morgan fingerprint density at radius 3 is 2.70 bits per heavy atom. The molecule has 0 aromatic heterocycles. The van der Waals surface area contributed by atoms with Crippen LogP contribution < -0.4 is 5.31 Å². The first-order valence-electron chi connectivity index (χ1n) is 8.28. The number of likely N-dealkylation sites (N-methyl/N-ethyl adjacent to an activating group) is 1. The van der Waals surface area contributed by atoms with Gasteiger partial charge in [-0.05, 0) is 37.4 Å². The van der Waals surface area contributed by atoms with Crippen LogP contribution in [0.25, 0.3) is 0 Å². The van der Waals surface area contributed by atoms with Crippen LogP contribution in [-0.2, 0) is 0 Å². The molecule has 0 spiro atoms. The van der Waals surface area contributed by atoms with E-state index in [2.05, 4.69) is 16.8 Å². The second-order valence-electron chi connectivity index (χ2n) is 5.99. The fourth-order valence-electron chi connectivity index (χ4n) is 3.00. The minimum Gasteiger partial charge on any atom is -0.353 e. The van der Waals surface area contributed by atoms with Gasteiger partial charge in [0.1, 0.15) is 5.84 Å². The van der Waals surface area contributed by atoms with Gasteiger partial charge in [0.25, 0.3) is 0 Å². The van der Waals surface area contributed by atoms with Crippen molar-refractivity contribution in [3.63, 3.8) is 0 Å². The predicted molar refractivity (Wildman–Crippen MR) is 96.4 cm³/mol. The molecule has 4 nitrogen and oxygen atoms in total. The van der Waals surface area contributed by atoms with Crippen molar-refractivity contribution in [2.45, 2.75) is 0 Å². The van der Waals surface area contributed by atoms with Gasteiger partial charge in [-0.25, -0.2) is 4.99 Å². The Hall–Kier alpha value is -2.04. The summed E-state index contributed by atoms with van der Waals surface area (Å²) < 4.78 is 8.57. The van der Waals surface area contributed by atoms with Crippen LogP contribution in [0.4, 0.5) is 17.1 Å². The lowest BCUT2D eigenvalue weighted by atomic mass is 10.1. The number of fused-ring (bicyclic) bond motifs is 2. The van der Waals surface area contributed by atoms with E-state index in [1.54, 1.807) is 6.07 Å². The first-order chi connectivity index (χ1) is 11.6. The highest BCUT2D eigenvalue weighted by Crippen LogP contribution is 2.36. The summed E-state index contributed by atoms with van der Waals surface area (Å²) in [4.78, 5) is 9.55. The zero-order chi connectivity index (χ0) is 16.7. The number of benzene rings is 2. The second-order valence-corrected chi connectivity index (χ2v) is 6.42. The summed E-state index contributed by atoms with van der Waals surface area (Å²) in [6.07, 6.45) is 0. The topological polar surface area (TPSA) is 30.9 Å². The van der Waals surface area contributed by atoms with Gasteiger partial charge in [0.15, 0.2) is 1.41 Å². The van der Waals surface area contributed by atoms with Gasteiger partial charge in [-0.15, -0.1) is 0 Å². The zero-order valence-corrected chi connectivity index (χ0v) is 13.8. The Labute approximate surface area is 142 Å². The number of aliphatic imine (C=N–C) groups is 1. The molecule has 0 atom stereocenters. The van der Waals surface area contributed by atoms with Crippen LogP contribution in [0, 0.1) is 0 Å². The first-order valence-corrected chi connectivity index (χ1v) is 8.21. The summed E-state index contributed by atoms with van der Waals surface area (Å²) in [5, 5.41) is 2.09. The molecule has 1 saturated heterocycles. The Morgan fingerprint density at radius 2 is 1.87 bits per heavy atom. The molecule has 2 heterocycles. The van der Waals surface area contributed by atoms with Crippen LogP contribution in [0.15, 0.2) is 47.5 Å². The van der Waals surface area contributed by atoms with Crippen LogP contribution >= 0.6 is 11.6 Å². The zero-order valence-electron chi connectivity index (χ0n) is 14.0. The first kappa shape index (κ1) is 13.4.